The van der Waals surface area contributed by atoms with Crippen LogP contribution in [0.3, 0.4) is 0 Å². The largest absolute Gasteiger partial charge is 0.349 e. The van der Waals surface area contributed by atoms with E-state index >= 15 is 0 Å². The summed E-state index contributed by atoms with van der Waals surface area (Å²) in [5, 5.41) is 4.10. The highest BCUT2D eigenvalue weighted by molar-refractivity contribution is 6.31. The van der Waals surface area contributed by atoms with Gasteiger partial charge < -0.3 is 4.57 Å². The summed E-state index contributed by atoms with van der Waals surface area (Å²) < 4.78 is 2.08. The van der Waals surface area contributed by atoms with Gasteiger partial charge >= 0.3 is 6.03 Å². The second-order valence-electron chi connectivity index (χ2n) is 4.37. The molecule has 0 bridgehead atoms. The maximum Gasteiger partial charge on any atom is 0.328 e. The van der Waals surface area contributed by atoms with Crippen LogP contribution in [0.2, 0.25) is 0 Å². The third kappa shape index (κ3) is 2.29. The van der Waals surface area contributed by atoms with Crippen LogP contribution in [-0.4, -0.2) is 22.4 Å². The Morgan fingerprint density at radius 1 is 1.16 bits per heavy atom. The van der Waals surface area contributed by atoms with Crippen LogP contribution in [0.5, 0.6) is 0 Å². The standard InChI is InChI=1S/C13H15N3O3/c1-4-16-7(2)5-9(8(16)3)6-10-11(17)14-13(19)15-12(10)18/h5-6H,4H2,1-3H3,(H2,14,15,17,18,19). The van der Waals surface area contributed by atoms with E-state index in [-0.39, 0.29) is 5.57 Å². The lowest BCUT2D eigenvalue weighted by atomic mass is 10.1. The van der Waals surface area contributed by atoms with Gasteiger partial charge in [-0.15, -0.1) is 0 Å². The van der Waals surface area contributed by atoms with Crippen LogP contribution in [0.15, 0.2) is 11.6 Å². The molecule has 6 nitrogen and oxygen atoms in total. The minimum Gasteiger partial charge on any atom is -0.349 e. The molecule has 0 atom stereocenters. The minimum absolute atomic E-state index is 0.0593. The first-order chi connectivity index (χ1) is 8.93. The number of aromatic nitrogens is 1. The highest BCUT2D eigenvalue weighted by Gasteiger charge is 2.28. The van der Waals surface area contributed by atoms with Gasteiger partial charge in [-0.1, -0.05) is 0 Å². The molecule has 100 valence electrons. The molecular weight excluding hydrogens is 246 g/mol. The Hall–Kier alpha value is -2.37. The minimum atomic E-state index is -0.786. The molecule has 0 radical (unpaired) electrons. The molecule has 0 saturated carbocycles. The van der Waals surface area contributed by atoms with Gasteiger partial charge in [0, 0.05) is 17.9 Å². The molecule has 1 aromatic heterocycles. The third-order valence-electron chi connectivity index (χ3n) is 3.17. The molecule has 2 heterocycles. The topological polar surface area (TPSA) is 80.2 Å². The van der Waals surface area contributed by atoms with E-state index < -0.39 is 17.8 Å². The summed E-state index contributed by atoms with van der Waals surface area (Å²) in [6.07, 6.45) is 1.51. The zero-order chi connectivity index (χ0) is 14.2. The van der Waals surface area contributed by atoms with Crippen molar-refractivity contribution in [3.05, 3.63) is 28.6 Å². The third-order valence-corrected chi connectivity index (χ3v) is 3.17. The zero-order valence-corrected chi connectivity index (χ0v) is 11.0. The van der Waals surface area contributed by atoms with Crippen LogP contribution in [0, 0.1) is 13.8 Å². The van der Waals surface area contributed by atoms with Crippen molar-refractivity contribution in [3.63, 3.8) is 0 Å². The molecule has 6 heteroatoms. The maximum atomic E-state index is 11.6. The fourth-order valence-corrected chi connectivity index (χ4v) is 2.22. The number of aryl methyl sites for hydroxylation is 1. The van der Waals surface area contributed by atoms with E-state index in [2.05, 4.69) is 4.57 Å². The monoisotopic (exact) mass is 261 g/mol. The van der Waals surface area contributed by atoms with E-state index in [1.807, 2.05) is 37.5 Å². The Labute approximate surface area is 110 Å². The average Bonchev–Trinajstić information content (AvgIpc) is 2.58. The van der Waals surface area contributed by atoms with Gasteiger partial charge in [-0.25, -0.2) is 4.79 Å². The fourth-order valence-electron chi connectivity index (χ4n) is 2.22. The normalized spacial score (nSPS) is 15.3. The van der Waals surface area contributed by atoms with Crippen molar-refractivity contribution in [1.82, 2.24) is 15.2 Å². The van der Waals surface area contributed by atoms with Crippen molar-refractivity contribution < 1.29 is 14.4 Å². The van der Waals surface area contributed by atoms with Crippen LogP contribution >= 0.6 is 0 Å². The molecule has 0 unspecified atom stereocenters. The number of nitrogens with one attached hydrogen (secondary N) is 2. The van der Waals surface area contributed by atoms with E-state index in [1.165, 1.54) is 6.08 Å². The number of urea groups is 1. The Bertz CT molecular complexity index is 589. The van der Waals surface area contributed by atoms with Gasteiger partial charge in [0.05, 0.1) is 0 Å². The molecule has 1 aromatic rings. The summed E-state index contributed by atoms with van der Waals surface area (Å²) >= 11 is 0. The smallest absolute Gasteiger partial charge is 0.328 e. The molecular formula is C13H15N3O3. The van der Waals surface area contributed by atoms with E-state index in [1.54, 1.807) is 0 Å². The van der Waals surface area contributed by atoms with E-state index in [0.717, 1.165) is 23.5 Å². The molecule has 1 aliphatic rings. The average molecular weight is 261 g/mol. The molecule has 2 rings (SSSR count). The van der Waals surface area contributed by atoms with Crippen molar-refractivity contribution >= 4 is 23.9 Å². The molecule has 0 aromatic carbocycles. The van der Waals surface area contributed by atoms with Crippen molar-refractivity contribution in [2.24, 2.45) is 0 Å². The highest BCUT2D eigenvalue weighted by atomic mass is 16.2. The summed E-state index contributed by atoms with van der Waals surface area (Å²) in [5.41, 5.74) is 2.77. The van der Waals surface area contributed by atoms with Gasteiger partial charge in [0.2, 0.25) is 0 Å². The molecule has 4 amide bonds. The number of carbonyl (C=O) groups excluding carboxylic acids is 3. The first-order valence-corrected chi connectivity index (χ1v) is 5.99. The summed E-state index contributed by atoms with van der Waals surface area (Å²) in [6, 6.07) is 1.12. The van der Waals surface area contributed by atoms with Gasteiger partial charge in [-0.2, -0.15) is 0 Å². The Kier molecular flexibility index (Phi) is 3.25. The van der Waals surface area contributed by atoms with E-state index in [9.17, 15) is 14.4 Å². The van der Waals surface area contributed by atoms with Crippen LogP contribution in [-0.2, 0) is 16.1 Å². The van der Waals surface area contributed by atoms with Crippen LogP contribution in [0.4, 0.5) is 4.79 Å². The first-order valence-electron chi connectivity index (χ1n) is 5.99. The van der Waals surface area contributed by atoms with E-state index in [4.69, 9.17) is 0 Å². The number of nitrogens with zero attached hydrogens (tertiary/aromatic N) is 1. The molecule has 0 aliphatic carbocycles. The molecule has 1 fully saturated rings. The summed E-state index contributed by atoms with van der Waals surface area (Å²) in [4.78, 5) is 34.2. The lowest BCUT2D eigenvalue weighted by Gasteiger charge is -2.13. The van der Waals surface area contributed by atoms with Gasteiger partial charge in [0.15, 0.2) is 0 Å². The van der Waals surface area contributed by atoms with E-state index in [0.29, 0.717) is 0 Å². The number of barbiturate groups is 1. The number of hydrogen-bond donors (Lipinski definition) is 2. The Balaban J connectivity index is 2.43. The second kappa shape index (κ2) is 4.72. The number of hydrogen-bond acceptors (Lipinski definition) is 3. The van der Waals surface area contributed by atoms with Crippen molar-refractivity contribution in [2.45, 2.75) is 27.3 Å². The summed E-state index contributed by atoms with van der Waals surface area (Å²) in [7, 11) is 0. The number of amides is 4. The van der Waals surface area contributed by atoms with Crippen LogP contribution in [0.25, 0.3) is 6.08 Å². The number of rotatable bonds is 2. The maximum absolute atomic E-state index is 11.6. The molecule has 2 N–H and O–H groups in total. The van der Waals surface area contributed by atoms with Gasteiger partial charge in [-0.05, 0) is 38.5 Å². The first kappa shape index (κ1) is 13.1. The molecule has 19 heavy (non-hydrogen) atoms. The Morgan fingerprint density at radius 2 is 1.74 bits per heavy atom. The molecule has 0 spiro atoms. The van der Waals surface area contributed by atoms with Gasteiger partial charge in [0.25, 0.3) is 11.8 Å². The SMILES string of the molecule is CCn1c(C)cc(C=C2C(=O)NC(=O)NC2=O)c1C. The van der Waals surface area contributed by atoms with Crippen LogP contribution < -0.4 is 10.6 Å². The van der Waals surface area contributed by atoms with Crippen molar-refractivity contribution in [2.75, 3.05) is 0 Å². The van der Waals surface area contributed by atoms with Gasteiger partial charge in [-0.3, -0.25) is 20.2 Å². The molecule has 1 saturated heterocycles. The predicted molar refractivity (Wildman–Crippen MR) is 69.2 cm³/mol. The predicted octanol–water partition coefficient (Wildman–Crippen LogP) is 0.874. The zero-order valence-electron chi connectivity index (χ0n) is 11.0. The number of carbonyl (C=O) groups is 3. The lowest BCUT2D eigenvalue weighted by Crippen LogP contribution is -2.51. The Morgan fingerprint density at radius 3 is 2.21 bits per heavy atom. The van der Waals surface area contributed by atoms with Crippen LogP contribution in [0.1, 0.15) is 23.9 Å². The summed E-state index contributed by atoms with van der Waals surface area (Å²) in [6.45, 7) is 6.73. The second-order valence-corrected chi connectivity index (χ2v) is 4.37. The highest BCUT2D eigenvalue weighted by Crippen LogP contribution is 2.18. The number of imide groups is 2. The lowest BCUT2D eigenvalue weighted by molar-refractivity contribution is -0.123. The van der Waals surface area contributed by atoms with Crippen molar-refractivity contribution in [1.29, 1.82) is 0 Å². The van der Waals surface area contributed by atoms with Crippen molar-refractivity contribution in [3.8, 4) is 0 Å². The fraction of sp³-hybridized carbons (Fsp3) is 0.308. The molecule has 1 aliphatic heterocycles. The quantitative estimate of drug-likeness (QED) is 0.612. The van der Waals surface area contributed by atoms with Gasteiger partial charge in [0.1, 0.15) is 5.57 Å². The summed E-state index contributed by atoms with van der Waals surface area (Å²) in [5.74, 6) is -1.34.